The lowest BCUT2D eigenvalue weighted by atomic mass is 9.77. The summed E-state index contributed by atoms with van der Waals surface area (Å²) < 4.78 is 28.3. The molecule has 11 heteroatoms. The zero-order valence-corrected chi connectivity index (χ0v) is 26.2. The van der Waals surface area contributed by atoms with Crippen LogP contribution in [0.4, 0.5) is 0 Å². The number of benzene rings is 2. The van der Waals surface area contributed by atoms with Gasteiger partial charge in [0.25, 0.3) is 0 Å². The summed E-state index contributed by atoms with van der Waals surface area (Å²) in [4.78, 5) is 31.7. The Hall–Kier alpha value is -4.15. The fraction of sp³-hybridized carbons (Fsp3) is 0.412. The number of carbonyl (C=O) groups is 2. The Morgan fingerprint density at radius 2 is 1.84 bits per heavy atom. The van der Waals surface area contributed by atoms with Gasteiger partial charge in [-0.05, 0) is 56.0 Å². The van der Waals surface area contributed by atoms with Crippen LogP contribution in [0.5, 0.6) is 23.0 Å². The van der Waals surface area contributed by atoms with Gasteiger partial charge in [0.1, 0.15) is 23.0 Å². The standard InChI is InChI=1S/C34H36ClN3O7/c1-22-14-24(37-45-22)16-25(39)15-23-5-6-26(17-28(23)35)44-30-7-10-36-29-19-32(31(41-2)18-27(29)30)43-13-3-4-33(40)38-11-8-34(9-12-38)20-42-21-34/h5-7,10,14,17-19H,3-4,8-9,11-13,15-16,20-21H2,1-2H3. The van der Waals surface area contributed by atoms with Crippen LogP contribution in [0, 0.1) is 12.3 Å². The highest BCUT2D eigenvalue weighted by Crippen LogP contribution is 2.39. The number of amides is 1. The Balaban J connectivity index is 1.05. The lowest BCUT2D eigenvalue weighted by Crippen LogP contribution is -2.52. The number of halogens is 1. The molecule has 2 saturated heterocycles. The van der Waals surface area contributed by atoms with Crippen LogP contribution in [0.2, 0.25) is 5.02 Å². The molecule has 10 nitrogen and oxygen atoms in total. The zero-order valence-electron chi connectivity index (χ0n) is 25.5. The van der Waals surface area contributed by atoms with E-state index in [0.29, 0.717) is 75.4 Å². The van der Waals surface area contributed by atoms with Crippen molar-refractivity contribution in [3.05, 3.63) is 70.7 Å². The number of hydrogen-bond acceptors (Lipinski definition) is 9. The fourth-order valence-corrected chi connectivity index (χ4v) is 6.04. The molecule has 2 aliphatic rings. The number of piperidine rings is 1. The number of likely N-dealkylation sites (tertiary alicyclic amines) is 1. The Morgan fingerprint density at radius 1 is 1.02 bits per heavy atom. The molecule has 2 aliphatic heterocycles. The molecule has 0 N–H and O–H groups in total. The fourth-order valence-electron chi connectivity index (χ4n) is 5.80. The summed E-state index contributed by atoms with van der Waals surface area (Å²) in [5, 5.41) is 5.05. The van der Waals surface area contributed by atoms with E-state index in [0.717, 1.165) is 44.5 Å². The van der Waals surface area contributed by atoms with Crippen molar-refractivity contribution in [1.82, 2.24) is 15.0 Å². The number of aryl methyl sites for hydroxylation is 1. The van der Waals surface area contributed by atoms with E-state index < -0.39 is 0 Å². The van der Waals surface area contributed by atoms with Crippen LogP contribution in [0.3, 0.4) is 0 Å². The molecular formula is C34H36ClN3O7. The summed E-state index contributed by atoms with van der Waals surface area (Å²) in [5.74, 6) is 2.98. The van der Waals surface area contributed by atoms with Gasteiger partial charge in [-0.2, -0.15) is 0 Å². The van der Waals surface area contributed by atoms with E-state index in [1.165, 1.54) is 0 Å². The summed E-state index contributed by atoms with van der Waals surface area (Å²) >= 11 is 6.53. The van der Waals surface area contributed by atoms with Gasteiger partial charge in [0.15, 0.2) is 11.5 Å². The van der Waals surface area contributed by atoms with Crippen LogP contribution < -0.4 is 14.2 Å². The number of hydrogen-bond donors (Lipinski definition) is 0. The number of nitrogens with zero attached hydrogens (tertiary/aromatic N) is 3. The summed E-state index contributed by atoms with van der Waals surface area (Å²) in [7, 11) is 1.58. The van der Waals surface area contributed by atoms with Crippen LogP contribution in [0.1, 0.15) is 42.7 Å². The number of rotatable bonds is 12. The number of Topliss-reactive ketones (excluding diaryl/α,β-unsaturated/α-hetero) is 1. The first-order valence-corrected chi connectivity index (χ1v) is 15.5. The van der Waals surface area contributed by atoms with Gasteiger partial charge in [-0.1, -0.05) is 22.8 Å². The average Bonchev–Trinajstić information content (AvgIpc) is 3.43. The highest BCUT2D eigenvalue weighted by molar-refractivity contribution is 6.31. The molecule has 0 bridgehead atoms. The highest BCUT2D eigenvalue weighted by Gasteiger charge is 2.41. The first-order chi connectivity index (χ1) is 21.8. The molecule has 236 valence electrons. The summed E-state index contributed by atoms with van der Waals surface area (Å²) in [6, 6.07) is 12.4. The van der Waals surface area contributed by atoms with Gasteiger partial charge in [0, 0.05) is 60.1 Å². The third-order valence-corrected chi connectivity index (χ3v) is 8.82. The number of carbonyl (C=O) groups excluding carboxylic acids is 2. The van der Waals surface area contributed by atoms with Gasteiger partial charge >= 0.3 is 0 Å². The highest BCUT2D eigenvalue weighted by atomic mass is 35.5. The van der Waals surface area contributed by atoms with E-state index in [-0.39, 0.29) is 24.5 Å². The molecule has 45 heavy (non-hydrogen) atoms. The second-order valence-corrected chi connectivity index (χ2v) is 12.2. The Labute approximate surface area is 266 Å². The van der Waals surface area contributed by atoms with Gasteiger partial charge < -0.3 is 28.4 Å². The van der Waals surface area contributed by atoms with E-state index in [9.17, 15) is 9.59 Å². The van der Waals surface area contributed by atoms with Gasteiger partial charge in [0.2, 0.25) is 5.91 Å². The second-order valence-electron chi connectivity index (χ2n) is 11.8. The predicted octanol–water partition coefficient (Wildman–Crippen LogP) is 6.14. The van der Waals surface area contributed by atoms with Gasteiger partial charge in [-0.15, -0.1) is 0 Å². The molecule has 2 aromatic heterocycles. The topological polar surface area (TPSA) is 113 Å². The molecule has 6 rings (SSSR count). The van der Waals surface area contributed by atoms with E-state index in [1.54, 1.807) is 50.6 Å². The first-order valence-electron chi connectivity index (χ1n) is 15.2. The largest absolute Gasteiger partial charge is 0.493 e. The van der Waals surface area contributed by atoms with Crippen molar-refractivity contribution in [2.45, 2.75) is 45.4 Å². The first kappa shape index (κ1) is 30.9. The number of ether oxygens (including phenoxy) is 4. The van der Waals surface area contributed by atoms with Crippen LogP contribution in [0.25, 0.3) is 10.9 Å². The third-order valence-electron chi connectivity index (χ3n) is 8.47. The maximum atomic E-state index is 12.7. The lowest BCUT2D eigenvalue weighted by molar-refractivity contribution is -0.153. The molecule has 4 heterocycles. The molecule has 2 aromatic carbocycles. The van der Waals surface area contributed by atoms with Crippen LogP contribution in [-0.2, 0) is 27.2 Å². The van der Waals surface area contributed by atoms with Crippen molar-refractivity contribution in [3.63, 3.8) is 0 Å². The summed E-state index contributed by atoms with van der Waals surface area (Å²) in [6.45, 7) is 5.43. The third kappa shape index (κ3) is 7.23. The van der Waals surface area contributed by atoms with Crippen molar-refractivity contribution in [2.75, 3.05) is 40.0 Å². The molecule has 4 aromatic rings. The number of aromatic nitrogens is 2. The Bertz CT molecular complexity index is 1690. The molecular weight excluding hydrogens is 598 g/mol. The lowest BCUT2D eigenvalue weighted by Gasteiger charge is -2.47. The van der Waals surface area contributed by atoms with Gasteiger partial charge in [-0.3, -0.25) is 14.6 Å². The molecule has 0 saturated carbocycles. The maximum absolute atomic E-state index is 12.7. The average molecular weight is 634 g/mol. The SMILES string of the molecule is COc1cc2c(Oc3ccc(CC(=O)Cc4cc(C)on4)c(Cl)c3)ccnc2cc1OCCCC(=O)N1CCC2(CC1)COC2. The van der Waals surface area contributed by atoms with Crippen molar-refractivity contribution in [3.8, 4) is 23.0 Å². The van der Waals surface area contributed by atoms with Crippen molar-refractivity contribution in [2.24, 2.45) is 5.41 Å². The molecule has 0 atom stereocenters. The van der Waals surface area contributed by atoms with Crippen molar-refractivity contribution >= 4 is 34.2 Å². The van der Waals surface area contributed by atoms with Crippen molar-refractivity contribution < 1.29 is 33.1 Å². The zero-order chi connectivity index (χ0) is 31.4. The summed E-state index contributed by atoms with van der Waals surface area (Å²) in [5.41, 5.74) is 2.28. The smallest absolute Gasteiger partial charge is 0.222 e. The number of pyridine rings is 1. The molecule has 2 fully saturated rings. The molecule has 1 amide bonds. The van der Waals surface area contributed by atoms with E-state index in [4.69, 9.17) is 35.1 Å². The predicted molar refractivity (Wildman–Crippen MR) is 167 cm³/mol. The van der Waals surface area contributed by atoms with Crippen LogP contribution in [-0.4, -0.2) is 66.8 Å². The maximum Gasteiger partial charge on any atom is 0.222 e. The molecule has 1 spiro atoms. The Kier molecular flexibility index (Phi) is 9.23. The quantitative estimate of drug-likeness (QED) is 0.170. The molecule has 0 aliphatic carbocycles. The van der Waals surface area contributed by atoms with E-state index >= 15 is 0 Å². The monoisotopic (exact) mass is 633 g/mol. The van der Waals surface area contributed by atoms with Crippen LogP contribution >= 0.6 is 11.6 Å². The van der Waals surface area contributed by atoms with Gasteiger partial charge in [0.05, 0.1) is 44.6 Å². The van der Waals surface area contributed by atoms with E-state index in [1.807, 2.05) is 17.0 Å². The van der Waals surface area contributed by atoms with E-state index in [2.05, 4.69) is 10.1 Å². The molecule has 0 radical (unpaired) electrons. The normalized spacial score (nSPS) is 15.6. The Morgan fingerprint density at radius 3 is 2.53 bits per heavy atom. The van der Waals surface area contributed by atoms with Crippen molar-refractivity contribution in [1.29, 1.82) is 0 Å². The minimum Gasteiger partial charge on any atom is -0.493 e. The number of methoxy groups -OCH3 is 1. The van der Waals surface area contributed by atoms with Gasteiger partial charge in [-0.25, -0.2) is 0 Å². The van der Waals surface area contributed by atoms with Crippen LogP contribution in [0.15, 0.2) is 53.2 Å². The summed E-state index contributed by atoms with van der Waals surface area (Å²) in [6.07, 6.45) is 5.09. The minimum atomic E-state index is -0.0182. The number of ketones is 1. The minimum absolute atomic E-state index is 0.0182. The second kappa shape index (κ2) is 13.5. The number of fused-ring (bicyclic) bond motifs is 1. The molecule has 0 unspecified atom stereocenters.